The highest BCUT2D eigenvalue weighted by Crippen LogP contribution is 2.52. The van der Waals surface area contributed by atoms with Gasteiger partial charge in [-0.3, -0.25) is 4.79 Å². The number of nitrogens with zero attached hydrogens (tertiary/aromatic N) is 1. The number of halogens is 3. The molecular weight excluding hydrogens is 269 g/mol. The van der Waals surface area contributed by atoms with Crippen molar-refractivity contribution in [2.45, 2.75) is 24.6 Å². The lowest BCUT2D eigenvalue weighted by molar-refractivity contribution is -0.151. The summed E-state index contributed by atoms with van der Waals surface area (Å²) in [6.07, 6.45) is -4.38. The summed E-state index contributed by atoms with van der Waals surface area (Å²) in [6, 6.07) is 0. The highest BCUT2D eigenvalue weighted by molar-refractivity contribution is 7.11. The maximum absolute atomic E-state index is 12.8. The van der Waals surface area contributed by atoms with Gasteiger partial charge in [0.25, 0.3) is 5.91 Å². The molecular formula is C9H11F3N4OS. The maximum Gasteiger partial charge on any atom is 0.411 e. The molecule has 1 saturated carbocycles. The Balaban J connectivity index is 2.29. The quantitative estimate of drug-likeness (QED) is 0.785. The summed E-state index contributed by atoms with van der Waals surface area (Å²) in [4.78, 5) is 11.5. The monoisotopic (exact) mass is 280 g/mol. The lowest BCUT2D eigenvalue weighted by atomic mass is 10.2. The van der Waals surface area contributed by atoms with Crippen LogP contribution in [0.4, 0.5) is 24.0 Å². The molecule has 1 heterocycles. The molecule has 1 aromatic rings. The number of nitrogen functional groups attached to an aromatic ring is 1. The summed E-state index contributed by atoms with van der Waals surface area (Å²) in [6.45, 7) is 0. The van der Waals surface area contributed by atoms with E-state index >= 15 is 0 Å². The van der Waals surface area contributed by atoms with Crippen LogP contribution in [0.25, 0.3) is 0 Å². The van der Waals surface area contributed by atoms with Gasteiger partial charge in [0, 0.05) is 7.05 Å². The standard InChI is InChI=1S/C9H11F3N4OS/c1-14-6(17)4-5(13)16-18-7(4)15-8(2-3-8)9(10,11)12/h15H,2-3H2,1H3,(H2,13,16)(H,14,17). The number of alkyl halides is 3. The SMILES string of the molecule is CNC(=O)c1c(N)nsc1NC1(C(F)(F)F)CC1. The Morgan fingerprint density at radius 3 is 2.56 bits per heavy atom. The molecule has 0 bridgehead atoms. The Bertz CT molecular complexity index is 481. The first kappa shape index (κ1) is 12.9. The molecule has 0 spiro atoms. The minimum absolute atomic E-state index is 0.0124. The van der Waals surface area contributed by atoms with E-state index in [-0.39, 0.29) is 29.2 Å². The van der Waals surface area contributed by atoms with Crippen molar-refractivity contribution in [3.8, 4) is 0 Å². The fraction of sp³-hybridized carbons (Fsp3) is 0.556. The zero-order chi connectivity index (χ0) is 13.6. The number of nitrogens with two attached hydrogens (primary N) is 1. The van der Waals surface area contributed by atoms with Gasteiger partial charge in [-0.1, -0.05) is 0 Å². The molecule has 1 aliphatic carbocycles. The summed E-state index contributed by atoms with van der Waals surface area (Å²) >= 11 is 0.756. The predicted molar refractivity (Wildman–Crippen MR) is 61.6 cm³/mol. The van der Waals surface area contributed by atoms with Crippen LogP contribution in [0.3, 0.4) is 0 Å². The van der Waals surface area contributed by atoms with Gasteiger partial charge in [0.15, 0.2) is 5.82 Å². The molecule has 1 amide bonds. The summed E-state index contributed by atoms with van der Waals surface area (Å²) in [7, 11) is 1.37. The third-order valence-electron chi connectivity index (χ3n) is 2.82. The molecule has 1 aromatic heterocycles. The minimum atomic E-state index is -4.36. The number of nitrogens with one attached hydrogen (secondary N) is 2. The average molecular weight is 280 g/mol. The van der Waals surface area contributed by atoms with Crippen molar-refractivity contribution in [3.05, 3.63) is 5.56 Å². The van der Waals surface area contributed by atoms with Crippen LogP contribution in [-0.2, 0) is 0 Å². The highest BCUT2D eigenvalue weighted by Gasteiger charge is 2.64. The van der Waals surface area contributed by atoms with Gasteiger partial charge < -0.3 is 16.4 Å². The second-order valence-corrected chi connectivity index (χ2v) is 4.83. The molecule has 4 N–H and O–H groups in total. The van der Waals surface area contributed by atoms with Crippen LogP contribution in [-0.4, -0.2) is 29.0 Å². The lowest BCUT2D eigenvalue weighted by Gasteiger charge is -2.21. The molecule has 0 aliphatic heterocycles. The number of anilines is 2. The topological polar surface area (TPSA) is 80.0 Å². The minimum Gasteiger partial charge on any atom is -0.382 e. The molecule has 0 aromatic carbocycles. The van der Waals surface area contributed by atoms with E-state index in [0.717, 1.165) is 11.5 Å². The zero-order valence-corrected chi connectivity index (χ0v) is 10.2. The Morgan fingerprint density at radius 1 is 1.50 bits per heavy atom. The molecule has 0 atom stereocenters. The van der Waals surface area contributed by atoms with E-state index in [1.807, 2.05) is 0 Å². The van der Waals surface area contributed by atoms with Crippen molar-refractivity contribution < 1.29 is 18.0 Å². The Hall–Kier alpha value is -1.51. The second kappa shape index (κ2) is 4.01. The first-order chi connectivity index (χ1) is 8.31. The van der Waals surface area contributed by atoms with Crippen molar-refractivity contribution in [1.29, 1.82) is 0 Å². The molecule has 2 rings (SSSR count). The van der Waals surface area contributed by atoms with Crippen LogP contribution in [0.15, 0.2) is 0 Å². The van der Waals surface area contributed by atoms with E-state index in [2.05, 4.69) is 15.0 Å². The van der Waals surface area contributed by atoms with Crippen molar-refractivity contribution in [2.24, 2.45) is 0 Å². The molecule has 18 heavy (non-hydrogen) atoms. The number of carbonyl (C=O) groups excluding carboxylic acids is 1. The fourth-order valence-corrected chi connectivity index (χ4v) is 2.36. The summed E-state index contributed by atoms with van der Waals surface area (Å²) in [5.74, 6) is -0.624. The molecule has 1 fully saturated rings. The van der Waals surface area contributed by atoms with Crippen molar-refractivity contribution >= 4 is 28.3 Å². The second-order valence-electron chi connectivity index (χ2n) is 4.06. The third kappa shape index (κ3) is 1.98. The highest BCUT2D eigenvalue weighted by atomic mass is 32.1. The smallest absolute Gasteiger partial charge is 0.382 e. The normalized spacial score (nSPS) is 17.3. The zero-order valence-electron chi connectivity index (χ0n) is 9.39. The number of amides is 1. The third-order valence-corrected chi connectivity index (χ3v) is 3.59. The van der Waals surface area contributed by atoms with E-state index in [0.29, 0.717) is 0 Å². The molecule has 9 heteroatoms. The van der Waals surface area contributed by atoms with Crippen molar-refractivity contribution in [2.75, 3.05) is 18.1 Å². The van der Waals surface area contributed by atoms with Gasteiger partial charge in [-0.05, 0) is 24.4 Å². The van der Waals surface area contributed by atoms with E-state index in [1.54, 1.807) is 0 Å². The van der Waals surface area contributed by atoms with Crippen LogP contribution in [0.5, 0.6) is 0 Å². The molecule has 5 nitrogen and oxygen atoms in total. The van der Waals surface area contributed by atoms with Gasteiger partial charge in [0.05, 0.1) is 0 Å². The van der Waals surface area contributed by atoms with Gasteiger partial charge >= 0.3 is 6.18 Å². The lowest BCUT2D eigenvalue weighted by Crippen LogP contribution is -2.39. The molecule has 1 aliphatic rings. The summed E-state index contributed by atoms with van der Waals surface area (Å²) in [5.41, 5.74) is 3.52. The average Bonchev–Trinajstić information content (AvgIpc) is 2.98. The molecule has 0 saturated heterocycles. The first-order valence-corrected chi connectivity index (χ1v) is 5.90. The summed E-state index contributed by atoms with van der Waals surface area (Å²) < 4.78 is 42.1. The van der Waals surface area contributed by atoms with Gasteiger partial charge in [-0.2, -0.15) is 17.5 Å². The van der Waals surface area contributed by atoms with Crippen LogP contribution in [0.1, 0.15) is 23.2 Å². The van der Waals surface area contributed by atoms with Gasteiger partial charge in [-0.15, -0.1) is 0 Å². The predicted octanol–water partition coefficient (Wildman–Crippen LogP) is 1.59. The molecule has 0 radical (unpaired) electrons. The van der Waals surface area contributed by atoms with Gasteiger partial charge in [0.1, 0.15) is 16.1 Å². The maximum atomic E-state index is 12.8. The Kier molecular flexibility index (Phi) is 2.88. The molecule has 0 unspecified atom stereocenters. The van der Waals surface area contributed by atoms with Crippen LogP contribution >= 0.6 is 11.5 Å². The number of carbonyl (C=O) groups is 1. The summed E-state index contributed by atoms with van der Waals surface area (Å²) in [5, 5.41) is 4.74. The fourth-order valence-electron chi connectivity index (χ4n) is 1.55. The van der Waals surface area contributed by atoms with Crippen LogP contribution < -0.4 is 16.4 Å². The Morgan fingerprint density at radius 2 is 2.11 bits per heavy atom. The number of hydrogen-bond donors (Lipinski definition) is 3. The largest absolute Gasteiger partial charge is 0.411 e. The van der Waals surface area contributed by atoms with Crippen molar-refractivity contribution in [3.63, 3.8) is 0 Å². The van der Waals surface area contributed by atoms with Gasteiger partial charge in [-0.25, -0.2) is 0 Å². The van der Waals surface area contributed by atoms with Crippen LogP contribution in [0, 0.1) is 0 Å². The Labute approximate surface area is 105 Å². The van der Waals surface area contributed by atoms with E-state index in [9.17, 15) is 18.0 Å². The molecule has 100 valence electrons. The van der Waals surface area contributed by atoms with E-state index < -0.39 is 17.6 Å². The van der Waals surface area contributed by atoms with E-state index in [4.69, 9.17) is 5.73 Å². The van der Waals surface area contributed by atoms with Crippen molar-refractivity contribution in [1.82, 2.24) is 9.69 Å². The number of hydrogen-bond acceptors (Lipinski definition) is 5. The first-order valence-electron chi connectivity index (χ1n) is 5.13. The van der Waals surface area contributed by atoms with Crippen LogP contribution in [0.2, 0.25) is 0 Å². The number of aromatic nitrogens is 1. The van der Waals surface area contributed by atoms with Gasteiger partial charge in [0.2, 0.25) is 0 Å². The number of rotatable bonds is 3. The van der Waals surface area contributed by atoms with E-state index in [1.165, 1.54) is 7.05 Å².